The van der Waals surface area contributed by atoms with Crippen LogP contribution in [0.15, 0.2) is 45.8 Å². The van der Waals surface area contributed by atoms with Crippen molar-refractivity contribution in [3.8, 4) is 11.5 Å². The molecule has 11 nitrogen and oxygen atoms in total. The molecular formula is C23H26N4O7S. The highest BCUT2D eigenvalue weighted by atomic mass is 32.2. The molecule has 1 amide bonds. The summed E-state index contributed by atoms with van der Waals surface area (Å²) < 4.78 is 44.7. The van der Waals surface area contributed by atoms with Crippen LogP contribution in [0.2, 0.25) is 0 Å². The molecule has 5 rings (SSSR count). The SMILES string of the molecule is COc1ccccc1S(=O)(=O)Nc1noc2cc(CN3C[C@@H]4CN(C(=O)O)C[C@@H]4C3)cc(OC)c12. The molecule has 0 radical (unpaired) electrons. The highest BCUT2D eigenvalue weighted by molar-refractivity contribution is 7.92. The van der Waals surface area contributed by atoms with Crippen molar-refractivity contribution >= 4 is 32.9 Å². The fourth-order valence-electron chi connectivity index (χ4n) is 5.07. The Morgan fingerprint density at radius 2 is 1.80 bits per heavy atom. The van der Waals surface area contributed by atoms with Crippen LogP contribution >= 0.6 is 0 Å². The molecule has 2 atom stereocenters. The molecule has 35 heavy (non-hydrogen) atoms. The van der Waals surface area contributed by atoms with Crippen LogP contribution in [0.25, 0.3) is 11.0 Å². The molecule has 0 spiro atoms. The third-order valence-corrected chi connectivity index (χ3v) is 8.02. The van der Waals surface area contributed by atoms with Crippen molar-refractivity contribution in [2.45, 2.75) is 11.4 Å². The number of nitrogens with zero attached hydrogens (tertiary/aromatic N) is 3. The van der Waals surface area contributed by atoms with E-state index in [1.807, 2.05) is 12.1 Å². The quantitative estimate of drug-likeness (QED) is 0.500. The number of amides is 1. The van der Waals surface area contributed by atoms with E-state index in [0.717, 1.165) is 18.7 Å². The molecule has 12 heteroatoms. The van der Waals surface area contributed by atoms with Gasteiger partial charge >= 0.3 is 6.09 Å². The first kappa shape index (κ1) is 23.2. The molecule has 2 fully saturated rings. The van der Waals surface area contributed by atoms with Gasteiger partial charge in [0.25, 0.3) is 10.0 Å². The Labute approximate surface area is 202 Å². The Hall–Kier alpha value is -3.51. The number of nitrogens with one attached hydrogen (secondary N) is 1. The van der Waals surface area contributed by atoms with Crippen molar-refractivity contribution in [2.75, 3.05) is 45.1 Å². The summed E-state index contributed by atoms with van der Waals surface area (Å²) in [5.41, 5.74) is 1.33. The zero-order valence-electron chi connectivity index (χ0n) is 19.3. The number of carbonyl (C=O) groups is 1. The van der Waals surface area contributed by atoms with Crippen molar-refractivity contribution in [3.63, 3.8) is 0 Å². The highest BCUT2D eigenvalue weighted by Gasteiger charge is 2.41. The normalized spacial score (nSPS) is 20.2. The van der Waals surface area contributed by atoms with Crippen LogP contribution in [0, 0.1) is 11.8 Å². The maximum Gasteiger partial charge on any atom is 0.407 e. The third kappa shape index (κ3) is 4.34. The molecule has 3 aromatic rings. The molecule has 2 saturated heterocycles. The van der Waals surface area contributed by atoms with Gasteiger partial charge < -0.3 is 24.0 Å². The Balaban J connectivity index is 1.37. The number of aromatic nitrogens is 1. The Kier molecular flexibility index (Phi) is 5.93. The number of likely N-dealkylation sites (tertiary alicyclic amines) is 2. The molecular weight excluding hydrogens is 476 g/mol. The lowest BCUT2D eigenvalue weighted by Gasteiger charge is -2.20. The van der Waals surface area contributed by atoms with E-state index in [4.69, 9.17) is 14.0 Å². The zero-order chi connectivity index (χ0) is 24.7. The molecule has 1 aromatic heterocycles. The molecule has 0 aliphatic carbocycles. The number of carboxylic acid groups (broad SMARTS) is 1. The summed E-state index contributed by atoms with van der Waals surface area (Å²) in [6.07, 6.45) is -0.858. The zero-order valence-corrected chi connectivity index (χ0v) is 20.1. The Bertz CT molecular complexity index is 1360. The minimum Gasteiger partial charge on any atom is -0.496 e. The van der Waals surface area contributed by atoms with E-state index in [1.165, 1.54) is 25.2 Å². The minimum atomic E-state index is -4.00. The average Bonchev–Trinajstić information content (AvgIpc) is 3.52. The van der Waals surface area contributed by atoms with Crippen molar-refractivity contribution < 1.29 is 32.3 Å². The van der Waals surface area contributed by atoms with Gasteiger partial charge in [-0.3, -0.25) is 9.62 Å². The van der Waals surface area contributed by atoms with Crippen LogP contribution in [0.5, 0.6) is 11.5 Å². The maximum atomic E-state index is 13.0. The summed E-state index contributed by atoms with van der Waals surface area (Å²) in [6, 6.07) is 9.97. The molecule has 186 valence electrons. The van der Waals surface area contributed by atoms with Crippen LogP contribution in [0.1, 0.15) is 5.56 Å². The van der Waals surface area contributed by atoms with E-state index in [2.05, 4.69) is 14.8 Å². The summed E-state index contributed by atoms with van der Waals surface area (Å²) >= 11 is 0. The van der Waals surface area contributed by atoms with Crippen LogP contribution < -0.4 is 14.2 Å². The summed E-state index contributed by atoms with van der Waals surface area (Å²) in [6.45, 7) is 3.40. The summed E-state index contributed by atoms with van der Waals surface area (Å²) in [5.74, 6) is 1.34. The van der Waals surface area contributed by atoms with Crippen molar-refractivity contribution in [2.24, 2.45) is 11.8 Å². The number of hydrogen-bond acceptors (Lipinski definition) is 8. The number of ether oxygens (including phenoxy) is 2. The van der Waals surface area contributed by atoms with Crippen molar-refractivity contribution in [1.82, 2.24) is 15.0 Å². The number of anilines is 1. The Morgan fingerprint density at radius 3 is 2.46 bits per heavy atom. The van der Waals surface area contributed by atoms with Crippen LogP contribution in [0.3, 0.4) is 0 Å². The molecule has 0 unspecified atom stereocenters. The van der Waals surface area contributed by atoms with Gasteiger partial charge in [-0.15, -0.1) is 0 Å². The summed E-state index contributed by atoms with van der Waals surface area (Å²) in [4.78, 5) is 15.0. The van der Waals surface area contributed by atoms with Gasteiger partial charge in [0.1, 0.15) is 21.8 Å². The number of para-hydroxylation sites is 1. The van der Waals surface area contributed by atoms with Gasteiger partial charge in [-0.2, -0.15) is 0 Å². The number of benzene rings is 2. The number of fused-ring (bicyclic) bond motifs is 2. The lowest BCUT2D eigenvalue weighted by Crippen LogP contribution is -2.31. The smallest absolute Gasteiger partial charge is 0.407 e. The van der Waals surface area contributed by atoms with Gasteiger partial charge in [0.15, 0.2) is 11.4 Å². The van der Waals surface area contributed by atoms with Gasteiger partial charge in [-0.1, -0.05) is 17.3 Å². The average molecular weight is 503 g/mol. The topological polar surface area (TPSA) is 134 Å². The fourth-order valence-corrected chi connectivity index (χ4v) is 6.25. The van der Waals surface area contributed by atoms with Gasteiger partial charge in [0.2, 0.25) is 0 Å². The summed E-state index contributed by atoms with van der Waals surface area (Å²) in [7, 11) is -1.09. The lowest BCUT2D eigenvalue weighted by molar-refractivity contribution is 0.148. The van der Waals surface area contributed by atoms with Crippen LogP contribution in [-0.2, 0) is 16.6 Å². The largest absolute Gasteiger partial charge is 0.496 e. The number of hydrogen-bond donors (Lipinski definition) is 2. The first-order valence-electron chi connectivity index (χ1n) is 11.1. The van der Waals surface area contributed by atoms with Crippen molar-refractivity contribution in [1.29, 1.82) is 0 Å². The number of sulfonamides is 1. The second kappa shape index (κ2) is 8.93. The molecule has 0 bridgehead atoms. The number of rotatable bonds is 7. The predicted octanol–water partition coefficient (Wildman–Crippen LogP) is 2.69. The molecule has 2 aromatic carbocycles. The molecule has 0 saturated carbocycles. The fraction of sp³-hybridized carbons (Fsp3) is 0.391. The third-order valence-electron chi connectivity index (χ3n) is 6.65. The standard InChI is InChI=1S/C23H26N4O7S/c1-32-17-5-3-4-6-20(17)35(30,31)25-22-21-18(33-2)7-14(8-19(21)34-24-22)9-26-10-15-12-27(23(28)29)13-16(15)11-26/h3-8,15-16H,9-13H2,1-2H3,(H,24,25)(H,28,29)/t15-,16+. The summed E-state index contributed by atoms with van der Waals surface area (Å²) in [5, 5.41) is 13.6. The monoisotopic (exact) mass is 502 g/mol. The van der Waals surface area contributed by atoms with E-state index >= 15 is 0 Å². The van der Waals surface area contributed by atoms with E-state index in [1.54, 1.807) is 18.2 Å². The molecule has 2 aliphatic heterocycles. The molecule has 2 aliphatic rings. The second-order valence-corrected chi connectivity index (χ2v) is 10.5. The Morgan fingerprint density at radius 1 is 1.11 bits per heavy atom. The van der Waals surface area contributed by atoms with Crippen molar-refractivity contribution in [3.05, 3.63) is 42.0 Å². The second-order valence-electron chi connectivity index (χ2n) is 8.86. The van der Waals surface area contributed by atoms with Gasteiger partial charge in [0.05, 0.1) is 14.2 Å². The van der Waals surface area contributed by atoms with Gasteiger partial charge in [-0.05, 0) is 41.7 Å². The lowest BCUT2D eigenvalue weighted by atomic mass is 10.0. The van der Waals surface area contributed by atoms with E-state index in [9.17, 15) is 18.3 Å². The maximum absolute atomic E-state index is 13.0. The predicted molar refractivity (Wildman–Crippen MR) is 126 cm³/mol. The van der Waals surface area contributed by atoms with E-state index in [-0.39, 0.29) is 16.5 Å². The molecule has 2 N–H and O–H groups in total. The van der Waals surface area contributed by atoms with E-state index in [0.29, 0.717) is 48.2 Å². The van der Waals surface area contributed by atoms with Gasteiger partial charge in [0, 0.05) is 32.7 Å². The number of methoxy groups -OCH3 is 2. The highest BCUT2D eigenvalue weighted by Crippen LogP contribution is 2.37. The minimum absolute atomic E-state index is 0.0183. The van der Waals surface area contributed by atoms with Crippen LogP contribution in [-0.4, -0.2) is 75.0 Å². The first-order valence-corrected chi connectivity index (χ1v) is 12.6. The first-order chi connectivity index (χ1) is 16.8. The molecule has 3 heterocycles. The van der Waals surface area contributed by atoms with Gasteiger partial charge in [-0.25, -0.2) is 13.2 Å². The van der Waals surface area contributed by atoms with E-state index < -0.39 is 16.1 Å². The van der Waals surface area contributed by atoms with Crippen LogP contribution in [0.4, 0.5) is 10.6 Å².